The molecule has 3 aromatic rings. The smallest absolute Gasteiger partial charge is 0.284 e. The van der Waals surface area contributed by atoms with E-state index in [2.05, 4.69) is 21.3 Å². The van der Waals surface area contributed by atoms with Crippen molar-refractivity contribution in [3.63, 3.8) is 0 Å². The van der Waals surface area contributed by atoms with E-state index in [1.807, 2.05) is 54.3 Å². The largest absolute Gasteiger partial charge is 0.314 e. The van der Waals surface area contributed by atoms with Gasteiger partial charge < -0.3 is 4.90 Å². The average molecular weight is 506 g/mol. The number of thiazole rings is 1. The summed E-state index contributed by atoms with van der Waals surface area (Å²) in [7, 11) is -4.10. The van der Waals surface area contributed by atoms with Crippen LogP contribution in [0.3, 0.4) is 0 Å². The van der Waals surface area contributed by atoms with Gasteiger partial charge in [0.1, 0.15) is 10.6 Å². The predicted octanol–water partition coefficient (Wildman–Crippen LogP) is 4.51. The van der Waals surface area contributed by atoms with Crippen LogP contribution in [0.25, 0.3) is 0 Å². The van der Waals surface area contributed by atoms with Gasteiger partial charge in [-0.05, 0) is 43.7 Å². The Morgan fingerprint density at radius 2 is 1.97 bits per heavy atom. The summed E-state index contributed by atoms with van der Waals surface area (Å²) in [6.07, 6.45) is 7.81. The van der Waals surface area contributed by atoms with Crippen LogP contribution < -0.4 is 9.62 Å². The first kappa shape index (κ1) is 25.6. The maximum absolute atomic E-state index is 12.9. The Morgan fingerprint density at radius 3 is 2.60 bits per heavy atom. The molecule has 8 nitrogen and oxygen atoms in total. The van der Waals surface area contributed by atoms with Crippen LogP contribution in [-0.4, -0.2) is 24.3 Å². The number of nitrogens with one attached hydrogen (secondary N) is 1. The second kappa shape index (κ2) is 11.4. The van der Waals surface area contributed by atoms with Crippen molar-refractivity contribution in [3.05, 3.63) is 107 Å². The van der Waals surface area contributed by atoms with Crippen molar-refractivity contribution in [1.82, 2.24) is 14.7 Å². The molecule has 0 bridgehead atoms. The minimum Gasteiger partial charge on any atom is -0.314 e. The molecular weight excluding hydrogens is 482 g/mol. The van der Waals surface area contributed by atoms with E-state index in [-0.39, 0.29) is 10.6 Å². The Bertz CT molecular complexity index is 1420. The van der Waals surface area contributed by atoms with Crippen molar-refractivity contribution in [2.24, 2.45) is 0 Å². The summed E-state index contributed by atoms with van der Waals surface area (Å²) in [5, 5.41) is 9.54. The lowest BCUT2D eigenvalue weighted by atomic mass is 10.2. The minimum absolute atomic E-state index is 0.0106. The molecule has 0 aliphatic rings. The van der Waals surface area contributed by atoms with E-state index in [0.717, 1.165) is 17.5 Å². The summed E-state index contributed by atoms with van der Waals surface area (Å²) >= 11 is 1.26. The molecule has 1 amide bonds. The topological polar surface area (TPSA) is 116 Å². The van der Waals surface area contributed by atoms with Gasteiger partial charge in [0.15, 0.2) is 5.13 Å². The lowest BCUT2D eigenvalue weighted by molar-refractivity contribution is 0.0976. The van der Waals surface area contributed by atoms with Crippen molar-refractivity contribution < 1.29 is 13.2 Å². The minimum atomic E-state index is -4.10. The summed E-state index contributed by atoms with van der Waals surface area (Å²) < 4.78 is 27.2. The number of carbonyl (C=O) groups excluding carboxylic acids is 1. The molecule has 35 heavy (non-hydrogen) atoms. The zero-order chi connectivity index (χ0) is 25.4. The van der Waals surface area contributed by atoms with Gasteiger partial charge in [-0.2, -0.15) is 5.26 Å². The number of nitrogens with zero attached hydrogens (tertiary/aromatic N) is 4. The highest BCUT2D eigenvalue weighted by molar-refractivity contribution is 7.90. The number of nitriles is 1. The summed E-state index contributed by atoms with van der Waals surface area (Å²) in [5.74, 6) is -0.830. The van der Waals surface area contributed by atoms with Crippen LogP contribution in [0, 0.1) is 18.3 Å². The lowest BCUT2D eigenvalue weighted by Crippen LogP contribution is -2.31. The van der Waals surface area contributed by atoms with Gasteiger partial charge in [0.2, 0.25) is 0 Å². The predicted molar refractivity (Wildman–Crippen MR) is 136 cm³/mol. The summed E-state index contributed by atoms with van der Waals surface area (Å²) in [6.45, 7) is 7.66. The number of aryl methyl sites for hydroxylation is 1. The lowest BCUT2D eigenvalue weighted by Gasteiger charge is -2.23. The van der Waals surface area contributed by atoms with E-state index in [9.17, 15) is 13.2 Å². The van der Waals surface area contributed by atoms with Gasteiger partial charge >= 0.3 is 0 Å². The van der Waals surface area contributed by atoms with Gasteiger partial charge in [-0.25, -0.2) is 18.1 Å². The van der Waals surface area contributed by atoms with E-state index in [0.29, 0.717) is 22.1 Å². The van der Waals surface area contributed by atoms with Crippen molar-refractivity contribution in [1.29, 1.82) is 5.26 Å². The number of amides is 1. The van der Waals surface area contributed by atoms with Gasteiger partial charge in [-0.1, -0.05) is 43.0 Å². The van der Waals surface area contributed by atoms with E-state index in [4.69, 9.17) is 5.26 Å². The van der Waals surface area contributed by atoms with Crippen molar-refractivity contribution in [2.45, 2.75) is 25.3 Å². The third kappa shape index (κ3) is 6.50. The van der Waals surface area contributed by atoms with Gasteiger partial charge in [-0.15, -0.1) is 11.3 Å². The van der Waals surface area contributed by atoms with Gasteiger partial charge in [0, 0.05) is 28.5 Å². The van der Waals surface area contributed by atoms with Crippen LogP contribution in [0.15, 0.2) is 95.8 Å². The number of sulfonamides is 1. The molecule has 2 heterocycles. The highest BCUT2D eigenvalue weighted by Crippen LogP contribution is 2.30. The van der Waals surface area contributed by atoms with Crippen molar-refractivity contribution in [3.8, 4) is 6.07 Å². The molecular formula is C25H23N5O3S2. The molecule has 10 heteroatoms. The van der Waals surface area contributed by atoms with Gasteiger partial charge in [0.25, 0.3) is 15.9 Å². The molecule has 178 valence electrons. The molecule has 0 unspecified atom stereocenters. The maximum Gasteiger partial charge on any atom is 0.284 e. The molecule has 0 aliphatic carbocycles. The molecule has 0 atom stereocenters. The molecule has 0 radical (unpaired) electrons. The maximum atomic E-state index is 12.9. The molecule has 1 aromatic carbocycles. The van der Waals surface area contributed by atoms with E-state index in [1.165, 1.54) is 29.7 Å². The van der Waals surface area contributed by atoms with E-state index < -0.39 is 15.9 Å². The third-order valence-electron chi connectivity index (χ3n) is 4.79. The first-order valence-electron chi connectivity index (χ1n) is 10.4. The summed E-state index contributed by atoms with van der Waals surface area (Å²) in [4.78, 5) is 23.5. The van der Waals surface area contributed by atoms with Crippen molar-refractivity contribution >= 4 is 32.4 Å². The highest BCUT2D eigenvalue weighted by atomic mass is 32.2. The zero-order valence-corrected chi connectivity index (χ0v) is 20.8. The molecule has 0 fully saturated rings. The zero-order valence-electron chi connectivity index (χ0n) is 19.2. The Kier molecular flexibility index (Phi) is 8.30. The highest BCUT2D eigenvalue weighted by Gasteiger charge is 2.25. The molecule has 1 N–H and O–H groups in total. The Morgan fingerprint density at radius 1 is 1.23 bits per heavy atom. The molecule has 3 rings (SSSR count). The number of anilines is 1. The van der Waals surface area contributed by atoms with E-state index in [1.54, 1.807) is 19.1 Å². The number of allylic oxidation sites excluding steroid dienone is 4. The van der Waals surface area contributed by atoms with Crippen LogP contribution in [0.2, 0.25) is 0 Å². The molecule has 0 saturated heterocycles. The SMILES string of the molecule is C=C(C#N)/C=C\C(=C/C)N(Cc1ccccc1)c1nc(C(=O)NS(=O)(=O)c2cccnc2)c(C)s1. The number of pyridine rings is 1. The fraction of sp³-hybridized carbons (Fsp3) is 0.120. The first-order valence-corrected chi connectivity index (χ1v) is 12.7. The van der Waals surface area contributed by atoms with Gasteiger partial charge in [-0.3, -0.25) is 9.78 Å². The molecule has 2 aromatic heterocycles. The number of rotatable bonds is 9. The van der Waals surface area contributed by atoms with Gasteiger partial charge in [0.05, 0.1) is 12.6 Å². The monoisotopic (exact) mass is 505 g/mol. The summed E-state index contributed by atoms with van der Waals surface area (Å²) in [6, 6.07) is 14.5. The number of carbonyl (C=O) groups is 1. The van der Waals surface area contributed by atoms with Crippen LogP contribution in [0.4, 0.5) is 5.13 Å². The Labute approximate surface area is 208 Å². The third-order valence-corrected chi connectivity index (χ3v) is 7.10. The number of benzene rings is 1. The average Bonchev–Trinajstić information content (AvgIpc) is 3.25. The summed E-state index contributed by atoms with van der Waals surface area (Å²) in [5.41, 5.74) is 2.03. The van der Waals surface area contributed by atoms with Crippen LogP contribution in [-0.2, 0) is 16.6 Å². The van der Waals surface area contributed by atoms with Crippen LogP contribution in [0.5, 0.6) is 0 Å². The first-order chi connectivity index (χ1) is 16.7. The quantitative estimate of drug-likeness (QED) is 0.336. The van der Waals surface area contributed by atoms with Crippen LogP contribution in [0.1, 0.15) is 27.9 Å². The fourth-order valence-corrected chi connectivity index (χ4v) is 4.89. The number of hydrogen-bond acceptors (Lipinski definition) is 8. The molecule has 0 saturated carbocycles. The second-order valence-electron chi connectivity index (χ2n) is 7.28. The number of hydrogen-bond donors (Lipinski definition) is 1. The van der Waals surface area contributed by atoms with Crippen molar-refractivity contribution in [2.75, 3.05) is 4.90 Å². The normalized spacial score (nSPS) is 11.7. The van der Waals surface area contributed by atoms with E-state index >= 15 is 0 Å². The number of aromatic nitrogens is 2. The molecule has 0 aliphatic heterocycles. The fourth-order valence-electron chi connectivity index (χ4n) is 3.04. The second-order valence-corrected chi connectivity index (χ2v) is 10.1. The Balaban J connectivity index is 1.96. The van der Waals surface area contributed by atoms with Crippen LogP contribution >= 0.6 is 11.3 Å². The molecule has 0 spiro atoms. The Hall–Kier alpha value is -4.07. The standard InChI is InChI=1S/C25H23N5O3S2/c1-4-21(13-12-18(2)15-26)30(17-20-9-6-5-7-10-20)25-28-23(19(3)34-25)24(31)29-35(32,33)22-11-8-14-27-16-22/h4-14,16H,2,17H2,1,3H3,(H,29,31)/b13-12-,21-4+.